The molecule has 2 N–H and O–H groups in total. The number of carbonyl (C=O) groups excluding carboxylic acids is 1. The molecule has 2 aromatic carbocycles. The molecule has 0 bridgehead atoms. The highest BCUT2D eigenvalue weighted by Gasteiger charge is 2.23. The maximum absolute atomic E-state index is 13.4. The molecule has 6 heteroatoms. The first-order valence-corrected chi connectivity index (χ1v) is 15.8. The lowest BCUT2D eigenvalue weighted by atomic mass is 9.87. The first-order chi connectivity index (χ1) is 18.4. The van der Waals surface area contributed by atoms with Gasteiger partial charge >= 0.3 is 5.97 Å². The Morgan fingerprint density at radius 3 is 2.53 bits per heavy atom. The predicted molar refractivity (Wildman–Crippen MR) is 160 cm³/mol. The number of hydrogen-bond acceptors (Lipinski definition) is 4. The van der Waals surface area contributed by atoms with Crippen molar-refractivity contribution in [1.82, 2.24) is 10.2 Å². The zero-order chi connectivity index (χ0) is 27.3. The molecule has 0 spiro atoms. The number of carbonyl (C=O) groups is 2. The van der Waals surface area contributed by atoms with Crippen LogP contribution in [0.5, 0.6) is 0 Å². The van der Waals surface area contributed by atoms with Gasteiger partial charge in [-0.25, -0.2) is 4.79 Å². The van der Waals surface area contributed by atoms with E-state index < -0.39 is 12.0 Å². The second-order valence-corrected chi connectivity index (χ2v) is 11.7. The lowest BCUT2D eigenvalue weighted by Crippen LogP contribution is -2.41. The van der Waals surface area contributed by atoms with E-state index in [0.717, 1.165) is 42.2 Å². The summed E-state index contributed by atoms with van der Waals surface area (Å²) < 4.78 is 0. The van der Waals surface area contributed by atoms with Gasteiger partial charge < -0.3 is 10.4 Å². The summed E-state index contributed by atoms with van der Waals surface area (Å²) in [6.45, 7) is 7.36. The Morgan fingerprint density at radius 2 is 1.84 bits per heavy atom. The monoisotopic (exact) mass is 538 g/mol. The van der Waals surface area contributed by atoms with Crippen molar-refractivity contribution < 1.29 is 14.7 Å². The van der Waals surface area contributed by atoms with E-state index in [2.05, 4.69) is 36.2 Å². The summed E-state index contributed by atoms with van der Waals surface area (Å²) >= 11 is 1.58. The van der Waals surface area contributed by atoms with Crippen LogP contribution in [-0.2, 0) is 11.3 Å². The van der Waals surface area contributed by atoms with Crippen molar-refractivity contribution in [3.05, 3.63) is 59.2 Å². The molecule has 38 heavy (non-hydrogen) atoms. The van der Waals surface area contributed by atoms with E-state index in [0.29, 0.717) is 17.7 Å². The number of nitrogens with one attached hydrogen (secondary N) is 1. The van der Waals surface area contributed by atoms with Crippen molar-refractivity contribution in [2.24, 2.45) is 5.92 Å². The number of aliphatic carboxylic acids is 1. The van der Waals surface area contributed by atoms with E-state index in [1.165, 1.54) is 56.9 Å². The van der Waals surface area contributed by atoms with E-state index in [-0.39, 0.29) is 5.91 Å². The Morgan fingerprint density at radius 1 is 1.08 bits per heavy atom. The van der Waals surface area contributed by atoms with Gasteiger partial charge in [0.25, 0.3) is 5.91 Å². The summed E-state index contributed by atoms with van der Waals surface area (Å²) in [5.41, 5.74) is 4.70. The third-order valence-corrected chi connectivity index (χ3v) is 8.43. The molecule has 0 aromatic heterocycles. The molecular formula is C32H46N2O3S. The van der Waals surface area contributed by atoms with Crippen LogP contribution in [0.1, 0.15) is 86.2 Å². The second kappa shape index (κ2) is 15.9. The van der Waals surface area contributed by atoms with Crippen LogP contribution in [0.15, 0.2) is 42.5 Å². The Hall–Kier alpha value is -2.31. The molecule has 2 aromatic rings. The Kier molecular flexibility index (Phi) is 12.7. The summed E-state index contributed by atoms with van der Waals surface area (Å²) in [6.07, 6.45) is 12.9. The van der Waals surface area contributed by atoms with Crippen LogP contribution in [0.4, 0.5) is 0 Å². The van der Waals surface area contributed by atoms with Crippen LogP contribution in [0.25, 0.3) is 11.1 Å². The molecule has 208 valence electrons. The zero-order valence-corrected chi connectivity index (χ0v) is 24.3. The topological polar surface area (TPSA) is 69.6 Å². The van der Waals surface area contributed by atoms with Crippen molar-refractivity contribution >= 4 is 23.6 Å². The molecule has 0 heterocycles. The number of carboxylic acids is 1. The first-order valence-electron chi connectivity index (χ1n) is 14.4. The average Bonchev–Trinajstić information content (AvgIpc) is 2.93. The largest absolute Gasteiger partial charge is 0.480 e. The summed E-state index contributed by atoms with van der Waals surface area (Å²) in [5, 5.41) is 12.4. The summed E-state index contributed by atoms with van der Waals surface area (Å²) in [6, 6.07) is 13.3. The molecule has 0 aliphatic heterocycles. The fourth-order valence-corrected chi connectivity index (χ4v) is 5.94. The van der Waals surface area contributed by atoms with Crippen LogP contribution in [0.2, 0.25) is 0 Å². The second-order valence-electron chi connectivity index (χ2n) is 10.8. The van der Waals surface area contributed by atoms with Crippen molar-refractivity contribution in [2.45, 2.75) is 84.2 Å². The van der Waals surface area contributed by atoms with Gasteiger partial charge in [-0.2, -0.15) is 11.8 Å². The third kappa shape index (κ3) is 9.16. The van der Waals surface area contributed by atoms with Crippen LogP contribution in [0.3, 0.4) is 0 Å². The highest BCUT2D eigenvalue weighted by atomic mass is 32.2. The molecule has 1 aliphatic rings. The number of carboxylic acid groups (broad SMARTS) is 1. The lowest BCUT2D eigenvalue weighted by Gasteiger charge is -2.27. The van der Waals surface area contributed by atoms with Gasteiger partial charge in [0.05, 0.1) is 0 Å². The maximum Gasteiger partial charge on any atom is 0.326 e. The number of unbranched alkanes of at least 4 members (excludes halogenated alkanes) is 1. The zero-order valence-electron chi connectivity index (χ0n) is 23.5. The standard InChI is InChI=1S/C32H46N2O3S/c1-4-5-19-34(20-17-25-12-7-6-8-13-25)23-26-15-16-28(29(22-26)27-14-10-9-11-24(27)2)31(35)33-30(32(36)37)18-21-38-3/h9-11,14-16,22,25,30H,4-8,12-13,17-21,23H2,1-3H3,(H,33,35)(H,36,37)/t30-/m0/s1. The van der Waals surface area contributed by atoms with E-state index >= 15 is 0 Å². The van der Waals surface area contributed by atoms with Gasteiger partial charge in [-0.1, -0.05) is 75.8 Å². The van der Waals surface area contributed by atoms with Crippen molar-refractivity contribution in [1.29, 1.82) is 0 Å². The molecule has 3 rings (SSSR count). The fraction of sp³-hybridized carbons (Fsp3) is 0.562. The quantitative estimate of drug-likeness (QED) is 0.252. The van der Waals surface area contributed by atoms with E-state index in [1.54, 1.807) is 11.8 Å². The molecule has 1 atom stereocenters. The van der Waals surface area contributed by atoms with Gasteiger partial charge in [-0.05, 0) is 91.6 Å². The van der Waals surface area contributed by atoms with Gasteiger partial charge in [0, 0.05) is 12.1 Å². The first kappa shape index (κ1) is 30.2. The van der Waals surface area contributed by atoms with E-state index in [4.69, 9.17) is 0 Å². The van der Waals surface area contributed by atoms with Gasteiger partial charge in [-0.15, -0.1) is 0 Å². The highest BCUT2D eigenvalue weighted by Crippen LogP contribution is 2.30. The van der Waals surface area contributed by atoms with Gasteiger partial charge in [0.1, 0.15) is 6.04 Å². The fourth-order valence-electron chi connectivity index (χ4n) is 5.47. The lowest BCUT2D eigenvalue weighted by molar-refractivity contribution is -0.139. The number of hydrogen-bond donors (Lipinski definition) is 2. The van der Waals surface area contributed by atoms with Crippen LogP contribution < -0.4 is 5.32 Å². The average molecular weight is 539 g/mol. The normalized spacial score (nSPS) is 14.9. The molecule has 1 amide bonds. The maximum atomic E-state index is 13.4. The van der Waals surface area contributed by atoms with Crippen LogP contribution in [0, 0.1) is 12.8 Å². The predicted octanol–water partition coefficient (Wildman–Crippen LogP) is 7.17. The molecule has 1 fully saturated rings. The summed E-state index contributed by atoms with van der Waals surface area (Å²) in [5.74, 6) is 0.208. The third-order valence-electron chi connectivity index (χ3n) is 7.79. The molecule has 0 saturated heterocycles. The molecule has 1 saturated carbocycles. The molecular weight excluding hydrogens is 492 g/mol. The van der Waals surface area contributed by atoms with Gasteiger partial charge in [0.15, 0.2) is 0 Å². The van der Waals surface area contributed by atoms with Crippen molar-refractivity contribution in [2.75, 3.05) is 25.1 Å². The minimum Gasteiger partial charge on any atom is -0.480 e. The number of aryl methyl sites for hydroxylation is 1. The number of benzene rings is 2. The number of rotatable bonds is 15. The Bertz CT molecular complexity index is 1040. The molecule has 0 unspecified atom stereocenters. The Labute approximate surface area is 233 Å². The Balaban J connectivity index is 1.85. The minimum atomic E-state index is -0.994. The van der Waals surface area contributed by atoms with Crippen LogP contribution in [-0.4, -0.2) is 53.0 Å². The van der Waals surface area contributed by atoms with E-state index in [1.807, 2.05) is 36.6 Å². The van der Waals surface area contributed by atoms with Crippen molar-refractivity contribution in [3.8, 4) is 11.1 Å². The smallest absolute Gasteiger partial charge is 0.326 e. The number of nitrogens with zero attached hydrogens (tertiary/aromatic N) is 1. The number of amides is 1. The highest BCUT2D eigenvalue weighted by molar-refractivity contribution is 7.98. The van der Waals surface area contributed by atoms with Crippen molar-refractivity contribution in [3.63, 3.8) is 0 Å². The summed E-state index contributed by atoms with van der Waals surface area (Å²) in [4.78, 5) is 27.8. The van der Waals surface area contributed by atoms with Crippen LogP contribution >= 0.6 is 11.8 Å². The minimum absolute atomic E-state index is 0.330. The molecule has 0 radical (unpaired) electrons. The van der Waals surface area contributed by atoms with E-state index in [9.17, 15) is 14.7 Å². The van der Waals surface area contributed by atoms with Gasteiger partial charge in [-0.3, -0.25) is 9.69 Å². The van der Waals surface area contributed by atoms with Gasteiger partial charge in [0.2, 0.25) is 0 Å². The molecule has 1 aliphatic carbocycles. The number of thioether (sulfide) groups is 1. The SMILES string of the molecule is CCCCN(CCC1CCCCC1)Cc1ccc(C(=O)N[C@@H](CCSC)C(=O)O)c(-c2ccccc2C)c1. The molecule has 5 nitrogen and oxygen atoms in total. The summed E-state index contributed by atoms with van der Waals surface area (Å²) in [7, 11) is 0.